The Hall–Kier alpha value is -2.95. The second kappa shape index (κ2) is 11.2. The Morgan fingerprint density at radius 2 is 1.84 bits per heavy atom. The summed E-state index contributed by atoms with van der Waals surface area (Å²) in [6.45, 7) is 5.58. The van der Waals surface area contributed by atoms with Crippen molar-refractivity contribution < 1.29 is 23.9 Å². The first-order valence-electron chi connectivity index (χ1n) is 12.9. The van der Waals surface area contributed by atoms with Crippen LogP contribution >= 0.6 is 11.3 Å². The SMILES string of the molecule is CNC(=O)CNC(=O)C[C@H]1CCc2sc3ncnc(OC4CCC(N(C)C(=O)OC(C)(C)C)CC4)c3c21. The molecule has 2 aromatic rings. The molecule has 2 aliphatic carbocycles. The molecular formula is C26H37N5O5S. The van der Waals surface area contributed by atoms with Gasteiger partial charge in [-0.15, -0.1) is 11.3 Å². The third-order valence-corrected chi connectivity index (χ3v) is 8.18. The fourth-order valence-corrected chi connectivity index (χ4v) is 6.32. The van der Waals surface area contributed by atoms with Crippen LogP contribution in [-0.2, 0) is 20.7 Å². The predicted octanol–water partition coefficient (Wildman–Crippen LogP) is 3.53. The predicted molar refractivity (Wildman–Crippen MR) is 141 cm³/mol. The van der Waals surface area contributed by atoms with Crippen LogP contribution in [-0.4, -0.2) is 71.2 Å². The molecular weight excluding hydrogens is 494 g/mol. The standard InChI is InChI=1S/C26H37N5O5S/c1-26(2,3)36-25(34)31(5)16-7-9-17(10-8-16)35-23-22-21-15(12-19(32)28-13-20(33)27-4)6-11-18(21)37-24(22)30-14-29-23/h14-17H,6-13H2,1-5H3,(H,27,33)(H,28,32)/t15-,16?,17?/m1/s1. The maximum absolute atomic E-state index is 12.5. The van der Waals surface area contributed by atoms with Crippen molar-refractivity contribution in [2.75, 3.05) is 20.6 Å². The molecule has 0 aliphatic heterocycles. The molecule has 2 aliphatic rings. The minimum atomic E-state index is -0.520. The lowest BCUT2D eigenvalue weighted by atomic mass is 9.92. The molecule has 37 heavy (non-hydrogen) atoms. The van der Waals surface area contributed by atoms with Gasteiger partial charge in [0, 0.05) is 31.4 Å². The average molecular weight is 532 g/mol. The Balaban J connectivity index is 1.42. The van der Waals surface area contributed by atoms with Crippen molar-refractivity contribution >= 4 is 39.5 Å². The smallest absolute Gasteiger partial charge is 0.410 e. The highest BCUT2D eigenvalue weighted by atomic mass is 32.1. The van der Waals surface area contributed by atoms with E-state index >= 15 is 0 Å². The second-order valence-electron chi connectivity index (χ2n) is 10.8. The molecule has 4 rings (SSSR count). The number of thiophene rings is 1. The maximum Gasteiger partial charge on any atom is 0.410 e. The van der Waals surface area contributed by atoms with Gasteiger partial charge in [0.2, 0.25) is 17.7 Å². The number of hydrogen-bond acceptors (Lipinski definition) is 8. The number of likely N-dealkylation sites (N-methyl/N-ethyl adjacent to an activating group) is 1. The molecule has 0 radical (unpaired) electrons. The van der Waals surface area contributed by atoms with E-state index in [0.717, 1.165) is 54.3 Å². The van der Waals surface area contributed by atoms with Crippen molar-refractivity contribution in [2.45, 2.75) is 89.4 Å². The number of fused-ring (bicyclic) bond motifs is 3. The summed E-state index contributed by atoms with van der Waals surface area (Å²) in [5.74, 6) is 0.245. The van der Waals surface area contributed by atoms with Crippen LogP contribution in [0, 0.1) is 0 Å². The highest BCUT2D eigenvalue weighted by Gasteiger charge is 2.34. The van der Waals surface area contributed by atoms with Crippen LogP contribution in [0.25, 0.3) is 10.2 Å². The van der Waals surface area contributed by atoms with E-state index in [4.69, 9.17) is 9.47 Å². The number of aryl methyl sites for hydroxylation is 1. The van der Waals surface area contributed by atoms with Gasteiger partial charge in [-0.2, -0.15) is 0 Å². The lowest BCUT2D eigenvalue weighted by Gasteiger charge is -2.35. The number of hydrogen-bond donors (Lipinski definition) is 2. The van der Waals surface area contributed by atoms with E-state index < -0.39 is 5.60 Å². The maximum atomic E-state index is 12.5. The van der Waals surface area contributed by atoms with Crippen molar-refractivity contribution in [2.24, 2.45) is 0 Å². The Kier molecular flexibility index (Phi) is 8.20. The summed E-state index contributed by atoms with van der Waals surface area (Å²) in [6, 6.07) is 0.114. The number of carbonyl (C=O) groups is 3. The molecule has 0 saturated heterocycles. The molecule has 0 bridgehead atoms. The zero-order chi connectivity index (χ0) is 26.7. The molecule has 2 aromatic heterocycles. The molecule has 11 heteroatoms. The molecule has 0 aromatic carbocycles. The molecule has 3 amide bonds. The van der Waals surface area contributed by atoms with E-state index in [1.54, 1.807) is 30.3 Å². The van der Waals surface area contributed by atoms with Crippen molar-refractivity contribution in [3.63, 3.8) is 0 Å². The number of ether oxygens (including phenoxy) is 2. The van der Waals surface area contributed by atoms with Gasteiger partial charge in [-0.05, 0) is 70.8 Å². The molecule has 1 saturated carbocycles. The lowest BCUT2D eigenvalue weighted by molar-refractivity contribution is -0.126. The molecule has 2 N–H and O–H groups in total. The second-order valence-corrected chi connectivity index (χ2v) is 11.9. The zero-order valence-corrected chi connectivity index (χ0v) is 23.1. The minimum Gasteiger partial charge on any atom is -0.474 e. The van der Waals surface area contributed by atoms with Crippen molar-refractivity contribution in [1.29, 1.82) is 0 Å². The van der Waals surface area contributed by atoms with Crippen LogP contribution in [0.5, 0.6) is 5.88 Å². The number of carbonyl (C=O) groups excluding carboxylic acids is 3. The van der Waals surface area contributed by atoms with Gasteiger partial charge in [-0.3, -0.25) is 9.59 Å². The topological polar surface area (TPSA) is 123 Å². The van der Waals surface area contributed by atoms with Crippen LogP contribution in [0.15, 0.2) is 6.33 Å². The minimum absolute atomic E-state index is 0.00681. The van der Waals surface area contributed by atoms with E-state index in [-0.39, 0.29) is 42.5 Å². The zero-order valence-electron chi connectivity index (χ0n) is 22.3. The Morgan fingerprint density at radius 1 is 1.11 bits per heavy atom. The third kappa shape index (κ3) is 6.49. The first-order chi connectivity index (χ1) is 17.6. The number of nitrogens with zero attached hydrogens (tertiary/aromatic N) is 3. The number of rotatable bonds is 7. The third-order valence-electron chi connectivity index (χ3n) is 7.00. The Morgan fingerprint density at radius 3 is 2.51 bits per heavy atom. The summed E-state index contributed by atoms with van der Waals surface area (Å²) in [5.41, 5.74) is 0.595. The molecule has 0 spiro atoms. The molecule has 2 heterocycles. The first kappa shape index (κ1) is 27.1. The van der Waals surface area contributed by atoms with Crippen LogP contribution < -0.4 is 15.4 Å². The summed E-state index contributed by atoms with van der Waals surface area (Å²) < 4.78 is 12.0. The van der Waals surface area contributed by atoms with Gasteiger partial charge in [-0.25, -0.2) is 14.8 Å². The average Bonchev–Trinajstić information content (AvgIpc) is 3.41. The van der Waals surface area contributed by atoms with Crippen molar-refractivity contribution in [3.8, 4) is 5.88 Å². The highest BCUT2D eigenvalue weighted by Crippen LogP contribution is 2.47. The number of amides is 3. The highest BCUT2D eigenvalue weighted by molar-refractivity contribution is 7.19. The molecule has 202 valence electrons. The summed E-state index contributed by atoms with van der Waals surface area (Å²) in [4.78, 5) is 49.2. The van der Waals surface area contributed by atoms with Gasteiger partial charge < -0.3 is 25.0 Å². The van der Waals surface area contributed by atoms with Crippen LogP contribution in [0.1, 0.15) is 75.7 Å². The fraction of sp³-hybridized carbons (Fsp3) is 0.654. The quantitative estimate of drug-likeness (QED) is 0.560. The summed E-state index contributed by atoms with van der Waals surface area (Å²) in [5, 5.41) is 6.12. The van der Waals surface area contributed by atoms with Gasteiger partial charge >= 0.3 is 6.09 Å². The summed E-state index contributed by atoms with van der Waals surface area (Å²) in [6.07, 6.45) is 6.58. The number of nitrogens with one attached hydrogen (secondary N) is 2. The summed E-state index contributed by atoms with van der Waals surface area (Å²) >= 11 is 1.64. The van der Waals surface area contributed by atoms with Crippen LogP contribution in [0.3, 0.4) is 0 Å². The van der Waals surface area contributed by atoms with Crippen molar-refractivity contribution in [3.05, 3.63) is 16.8 Å². The largest absolute Gasteiger partial charge is 0.474 e. The van der Waals surface area contributed by atoms with E-state index in [0.29, 0.717) is 12.3 Å². The van der Waals surface area contributed by atoms with Gasteiger partial charge in [0.25, 0.3) is 0 Å². The fourth-order valence-electron chi connectivity index (χ4n) is 5.09. The first-order valence-corrected chi connectivity index (χ1v) is 13.7. The van der Waals surface area contributed by atoms with Gasteiger partial charge in [-0.1, -0.05) is 0 Å². The van der Waals surface area contributed by atoms with E-state index in [1.807, 2.05) is 20.8 Å². The van der Waals surface area contributed by atoms with Gasteiger partial charge in [0.05, 0.1) is 11.9 Å². The van der Waals surface area contributed by atoms with Crippen LogP contribution in [0.4, 0.5) is 4.79 Å². The van der Waals surface area contributed by atoms with Gasteiger partial charge in [0.1, 0.15) is 22.9 Å². The van der Waals surface area contributed by atoms with E-state index in [1.165, 1.54) is 11.2 Å². The van der Waals surface area contributed by atoms with Gasteiger partial charge in [0.15, 0.2) is 0 Å². The van der Waals surface area contributed by atoms with E-state index in [9.17, 15) is 14.4 Å². The molecule has 0 unspecified atom stereocenters. The summed E-state index contributed by atoms with van der Waals surface area (Å²) in [7, 11) is 3.34. The molecule has 1 atom stereocenters. The Bertz CT molecular complexity index is 1150. The lowest BCUT2D eigenvalue weighted by Crippen LogP contribution is -2.43. The molecule has 10 nitrogen and oxygen atoms in total. The van der Waals surface area contributed by atoms with E-state index in [2.05, 4.69) is 20.6 Å². The number of aromatic nitrogens is 2. The normalized spacial score (nSPS) is 21.3. The molecule has 1 fully saturated rings. The Labute approximate surface area is 221 Å². The monoisotopic (exact) mass is 531 g/mol. The van der Waals surface area contributed by atoms with Crippen LogP contribution in [0.2, 0.25) is 0 Å². The van der Waals surface area contributed by atoms with Crippen molar-refractivity contribution in [1.82, 2.24) is 25.5 Å².